The van der Waals surface area contributed by atoms with Gasteiger partial charge < -0.3 is 0 Å². The van der Waals surface area contributed by atoms with Crippen LogP contribution in [0.2, 0.25) is 0 Å². The molecule has 176 valence electrons. The number of thiazole rings is 1. The zero-order valence-electron chi connectivity index (χ0n) is 19.9. The summed E-state index contributed by atoms with van der Waals surface area (Å²) in [6, 6.07) is 25.7. The zero-order chi connectivity index (χ0) is 23.9. The van der Waals surface area contributed by atoms with Gasteiger partial charge in [-0.1, -0.05) is 59.7 Å². The smallest absolute Gasteiger partial charge is 0.204 e. The SMILES string of the molecule is Cc1ccc(-c2nn(CN3CCC[C@H]3c3nc4ccccc4s3)c(=S)n2-c2ccc(C)cc2)cc1. The first-order chi connectivity index (χ1) is 17.1. The van der Waals surface area contributed by atoms with Crippen LogP contribution in [0.5, 0.6) is 0 Å². The van der Waals surface area contributed by atoms with Crippen molar-refractivity contribution in [1.82, 2.24) is 24.2 Å². The highest BCUT2D eigenvalue weighted by atomic mass is 32.1. The molecule has 1 fully saturated rings. The van der Waals surface area contributed by atoms with Crippen molar-refractivity contribution in [1.29, 1.82) is 0 Å². The monoisotopic (exact) mass is 497 g/mol. The molecule has 1 atom stereocenters. The third-order valence-corrected chi connectivity index (χ3v) is 8.25. The van der Waals surface area contributed by atoms with Gasteiger partial charge in [0.2, 0.25) is 4.77 Å². The van der Waals surface area contributed by atoms with Crippen molar-refractivity contribution in [2.24, 2.45) is 0 Å². The molecule has 1 aliphatic rings. The summed E-state index contributed by atoms with van der Waals surface area (Å²) in [6.45, 7) is 5.87. The van der Waals surface area contributed by atoms with Gasteiger partial charge in [0.1, 0.15) is 5.01 Å². The normalized spacial score (nSPS) is 16.3. The van der Waals surface area contributed by atoms with E-state index < -0.39 is 0 Å². The standard InChI is InChI=1S/C28H27N5S2/c1-19-9-13-21(14-10-19)26-30-32(28(34)33(26)22-15-11-20(2)12-16-22)18-31-17-5-7-24(31)27-29-23-6-3-4-8-25(23)35-27/h3-4,6,8-16,24H,5,7,17-18H2,1-2H3/t24-/m0/s1. The second-order valence-corrected chi connectivity index (χ2v) is 10.7. The van der Waals surface area contributed by atoms with Crippen LogP contribution in [0.1, 0.15) is 35.0 Å². The van der Waals surface area contributed by atoms with Crippen LogP contribution >= 0.6 is 23.6 Å². The number of hydrogen-bond acceptors (Lipinski definition) is 5. The summed E-state index contributed by atoms with van der Waals surface area (Å²) in [5, 5.41) is 6.25. The number of nitrogens with zero attached hydrogens (tertiary/aromatic N) is 5. The second-order valence-electron chi connectivity index (χ2n) is 9.27. The maximum Gasteiger partial charge on any atom is 0.204 e. The van der Waals surface area contributed by atoms with Crippen LogP contribution in [-0.4, -0.2) is 30.8 Å². The fourth-order valence-corrected chi connectivity index (χ4v) is 6.22. The lowest BCUT2D eigenvalue weighted by Gasteiger charge is -2.22. The van der Waals surface area contributed by atoms with E-state index in [4.69, 9.17) is 22.3 Å². The van der Waals surface area contributed by atoms with E-state index in [0.717, 1.165) is 42.0 Å². The van der Waals surface area contributed by atoms with Gasteiger partial charge in [0.25, 0.3) is 0 Å². The molecule has 7 heteroatoms. The third-order valence-electron chi connectivity index (χ3n) is 6.72. The van der Waals surface area contributed by atoms with Gasteiger partial charge >= 0.3 is 0 Å². The second kappa shape index (κ2) is 9.15. The van der Waals surface area contributed by atoms with Crippen LogP contribution < -0.4 is 0 Å². The maximum atomic E-state index is 6.02. The van der Waals surface area contributed by atoms with Crippen molar-refractivity contribution in [2.45, 2.75) is 39.4 Å². The van der Waals surface area contributed by atoms with Gasteiger partial charge in [-0.25, -0.2) is 9.67 Å². The molecule has 35 heavy (non-hydrogen) atoms. The number of aryl methyl sites for hydroxylation is 2. The summed E-state index contributed by atoms with van der Waals surface area (Å²) >= 11 is 7.82. The number of hydrogen-bond donors (Lipinski definition) is 0. The fourth-order valence-electron chi connectivity index (χ4n) is 4.80. The molecule has 0 aliphatic carbocycles. The average molecular weight is 498 g/mol. The number of fused-ring (bicyclic) bond motifs is 1. The van der Waals surface area contributed by atoms with Crippen LogP contribution in [0.4, 0.5) is 0 Å². The van der Waals surface area contributed by atoms with E-state index in [0.29, 0.717) is 17.5 Å². The predicted octanol–water partition coefficient (Wildman–Crippen LogP) is 7.09. The molecule has 0 unspecified atom stereocenters. The molecule has 5 aromatic rings. The first-order valence-corrected chi connectivity index (χ1v) is 13.2. The van der Waals surface area contributed by atoms with Crippen molar-refractivity contribution >= 4 is 33.8 Å². The quantitative estimate of drug-likeness (QED) is 0.243. The molecule has 0 radical (unpaired) electrons. The molecule has 1 aliphatic heterocycles. The van der Waals surface area contributed by atoms with Crippen LogP contribution in [0.3, 0.4) is 0 Å². The molecule has 0 bridgehead atoms. The van der Waals surface area contributed by atoms with Crippen molar-refractivity contribution in [3.63, 3.8) is 0 Å². The van der Waals surface area contributed by atoms with E-state index in [9.17, 15) is 0 Å². The van der Waals surface area contributed by atoms with Gasteiger partial charge in [-0.2, -0.15) is 0 Å². The molecular weight excluding hydrogens is 470 g/mol. The Balaban J connectivity index is 1.39. The first kappa shape index (κ1) is 22.3. The minimum atomic E-state index is 0.293. The molecular formula is C28H27N5S2. The number of likely N-dealkylation sites (tertiary alicyclic amines) is 1. The summed E-state index contributed by atoms with van der Waals surface area (Å²) in [5.74, 6) is 0.870. The third kappa shape index (κ3) is 4.24. The molecule has 5 nitrogen and oxygen atoms in total. The van der Waals surface area contributed by atoms with Crippen molar-refractivity contribution in [3.05, 3.63) is 93.7 Å². The Morgan fingerprint density at radius 2 is 1.66 bits per heavy atom. The Kier molecular flexibility index (Phi) is 5.84. The van der Waals surface area contributed by atoms with E-state index in [-0.39, 0.29) is 0 Å². The van der Waals surface area contributed by atoms with Crippen molar-refractivity contribution in [2.75, 3.05) is 6.54 Å². The Morgan fingerprint density at radius 1 is 0.943 bits per heavy atom. The van der Waals surface area contributed by atoms with E-state index in [1.807, 2.05) is 4.68 Å². The highest BCUT2D eigenvalue weighted by molar-refractivity contribution is 7.71. The molecule has 0 N–H and O–H groups in total. The van der Waals surface area contributed by atoms with Gasteiger partial charge in [-0.05, 0) is 63.2 Å². The molecule has 1 saturated heterocycles. The topological polar surface area (TPSA) is 38.9 Å². The first-order valence-electron chi connectivity index (χ1n) is 12.0. The van der Waals surface area contributed by atoms with Crippen LogP contribution in [0.15, 0.2) is 72.8 Å². The highest BCUT2D eigenvalue weighted by Gasteiger charge is 2.30. The number of aromatic nitrogens is 4. The Morgan fingerprint density at radius 3 is 2.40 bits per heavy atom. The van der Waals surface area contributed by atoms with Crippen LogP contribution in [0, 0.1) is 18.6 Å². The summed E-state index contributed by atoms with van der Waals surface area (Å²) in [4.78, 5) is 7.43. The summed E-state index contributed by atoms with van der Waals surface area (Å²) in [6.07, 6.45) is 2.26. The molecule has 3 heterocycles. The van der Waals surface area contributed by atoms with Crippen molar-refractivity contribution < 1.29 is 0 Å². The Bertz CT molecular complexity index is 1510. The van der Waals surface area contributed by atoms with Crippen molar-refractivity contribution in [3.8, 4) is 17.1 Å². The molecule has 0 spiro atoms. The molecule has 0 amide bonds. The Hall–Kier alpha value is -3.13. The molecule has 6 rings (SSSR count). The Labute approximate surface area is 214 Å². The zero-order valence-corrected chi connectivity index (χ0v) is 21.5. The van der Waals surface area contributed by atoms with Crippen LogP contribution in [-0.2, 0) is 6.67 Å². The molecule has 0 saturated carbocycles. The minimum absolute atomic E-state index is 0.293. The highest BCUT2D eigenvalue weighted by Crippen LogP contribution is 2.37. The van der Waals surface area contributed by atoms with Gasteiger partial charge in [0.05, 0.1) is 22.9 Å². The van der Waals surface area contributed by atoms with E-state index in [1.165, 1.54) is 20.8 Å². The number of benzene rings is 3. The largest absolute Gasteiger partial charge is 0.275 e. The van der Waals surface area contributed by atoms with Gasteiger partial charge in [-0.3, -0.25) is 9.47 Å². The number of rotatable bonds is 5. The predicted molar refractivity (Wildman–Crippen MR) is 146 cm³/mol. The van der Waals surface area contributed by atoms with Gasteiger partial charge in [0.15, 0.2) is 5.82 Å². The summed E-state index contributed by atoms with van der Waals surface area (Å²) in [7, 11) is 0. The van der Waals surface area contributed by atoms with E-state index >= 15 is 0 Å². The van der Waals surface area contributed by atoms with E-state index in [2.05, 4.69) is 96.1 Å². The van der Waals surface area contributed by atoms with E-state index in [1.54, 1.807) is 11.3 Å². The minimum Gasteiger partial charge on any atom is -0.275 e. The fraction of sp³-hybridized carbons (Fsp3) is 0.250. The summed E-state index contributed by atoms with van der Waals surface area (Å²) in [5.41, 5.74) is 5.63. The van der Waals surface area contributed by atoms with Crippen LogP contribution in [0.25, 0.3) is 27.3 Å². The lowest BCUT2D eigenvalue weighted by Crippen LogP contribution is -2.27. The number of para-hydroxylation sites is 1. The maximum absolute atomic E-state index is 6.02. The summed E-state index contributed by atoms with van der Waals surface area (Å²) < 4.78 is 6.04. The average Bonchev–Trinajstić information content (AvgIpc) is 3.58. The molecule has 2 aromatic heterocycles. The lowest BCUT2D eigenvalue weighted by atomic mass is 10.1. The van der Waals surface area contributed by atoms with Gasteiger partial charge in [0, 0.05) is 17.8 Å². The van der Waals surface area contributed by atoms with Gasteiger partial charge in [-0.15, -0.1) is 16.4 Å². The molecule has 3 aromatic carbocycles. The lowest BCUT2D eigenvalue weighted by molar-refractivity contribution is 0.190.